The monoisotopic (exact) mass is 578 g/mol. The lowest BCUT2D eigenvalue weighted by Crippen LogP contribution is -2.47. The van der Waals surface area contributed by atoms with Gasteiger partial charge in [0.15, 0.2) is 0 Å². The lowest BCUT2D eigenvalue weighted by molar-refractivity contribution is -0.184. The fraction of sp³-hybridized carbons (Fsp3) is 0.464. The van der Waals surface area contributed by atoms with E-state index in [1.807, 2.05) is 35.7 Å². The standard InChI is InChI=1S/C28H29F3N2O4S2/c1-36-27(35)25-23(14-24(39-25)18-4-2-17(3-5-18)22-15-38-16-32-22)33(21-10-12-37-13-11-21)26(34)19-6-8-20(9-7-19)28(29,30)31/h2-5,14-16,19-21H,6-13H2,1H3. The normalized spacial score (nSPS) is 20.5. The number of rotatable bonds is 6. The smallest absolute Gasteiger partial charge is 0.391 e. The molecule has 0 unspecified atom stereocenters. The molecule has 3 heterocycles. The Bertz CT molecular complexity index is 1280. The summed E-state index contributed by atoms with van der Waals surface area (Å²) in [6.45, 7) is 0.940. The zero-order valence-electron chi connectivity index (χ0n) is 21.4. The summed E-state index contributed by atoms with van der Waals surface area (Å²) in [5, 5.41) is 1.97. The number of aromatic nitrogens is 1. The van der Waals surface area contributed by atoms with Crippen LogP contribution >= 0.6 is 22.7 Å². The minimum Gasteiger partial charge on any atom is -0.465 e. The molecule has 6 nitrogen and oxygen atoms in total. The van der Waals surface area contributed by atoms with Crippen LogP contribution in [-0.4, -0.2) is 49.4 Å². The Morgan fingerprint density at radius 1 is 1.03 bits per heavy atom. The maximum absolute atomic E-state index is 14.0. The van der Waals surface area contributed by atoms with E-state index in [9.17, 15) is 22.8 Å². The number of halogens is 3. The van der Waals surface area contributed by atoms with Crippen LogP contribution in [0.2, 0.25) is 0 Å². The van der Waals surface area contributed by atoms with Gasteiger partial charge in [0.2, 0.25) is 5.91 Å². The molecule has 0 radical (unpaired) electrons. The molecule has 1 saturated heterocycles. The molecule has 39 heavy (non-hydrogen) atoms. The second kappa shape index (κ2) is 11.8. The van der Waals surface area contributed by atoms with Gasteiger partial charge in [-0.05, 0) is 50.2 Å². The number of ether oxygens (including phenoxy) is 2. The number of thiazole rings is 1. The number of anilines is 1. The van der Waals surface area contributed by atoms with Crippen LogP contribution in [0.1, 0.15) is 48.2 Å². The lowest BCUT2D eigenvalue weighted by Gasteiger charge is -2.38. The molecule has 1 aliphatic carbocycles. The zero-order chi connectivity index (χ0) is 27.6. The molecule has 0 N–H and O–H groups in total. The Morgan fingerprint density at radius 3 is 2.28 bits per heavy atom. The first-order chi connectivity index (χ1) is 18.8. The molecule has 5 rings (SSSR count). The van der Waals surface area contributed by atoms with Gasteiger partial charge in [-0.1, -0.05) is 24.3 Å². The maximum atomic E-state index is 14.0. The number of esters is 1. The molecule has 0 atom stereocenters. The third-order valence-corrected chi connectivity index (χ3v) is 9.31. The Morgan fingerprint density at radius 2 is 1.69 bits per heavy atom. The van der Waals surface area contributed by atoms with E-state index in [0.29, 0.717) is 36.6 Å². The first kappa shape index (κ1) is 27.8. The number of carbonyl (C=O) groups is 2. The second-order valence-corrected chi connectivity index (χ2v) is 11.7. The molecule has 1 amide bonds. The Hall–Kier alpha value is -2.76. The fourth-order valence-electron chi connectivity index (χ4n) is 5.40. The largest absolute Gasteiger partial charge is 0.465 e. The van der Waals surface area contributed by atoms with Crippen molar-refractivity contribution >= 4 is 40.2 Å². The maximum Gasteiger partial charge on any atom is 0.391 e. The number of methoxy groups -OCH3 is 1. The van der Waals surface area contributed by atoms with Crippen molar-refractivity contribution in [2.24, 2.45) is 11.8 Å². The molecule has 0 bridgehead atoms. The fourth-order valence-corrected chi connectivity index (χ4v) is 7.04. The predicted octanol–water partition coefficient (Wildman–Crippen LogP) is 7.21. The van der Waals surface area contributed by atoms with E-state index in [2.05, 4.69) is 4.98 Å². The molecule has 1 saturated carbocycles. The highest BCUT2D eigenvalue weighted by Crippen LogP contribution is 2.43. The highest BCUT2D eigenvalue weighted by atomic mass is 32.1. The van der Waals surface area contributed by atoms with Gasteiger partial charge in [-0.2, -0.15) is 13.2 Å². The van der Waals surface area contributed by atoms with Crippen LogP contribution in [0.25, 0.3) is 21.7 Å². The highest BCUT2D eigenvalue weighted by molar-refractivity contribution is 7.18. The van der Waals surface area contributed by atoms with Crippen molar-refractivity contribution in [1.82, 2.24) is 4.98 Å². The number of hydrogen-bond donors (Lipinski definition) is 0. The van der Waals surface area contributed by atoms with Crippen molar-refractivity contribution in [3.63, 3.8) is 0 Å². The average Bonchev–Trinajstić information content (AvgIpc) is 3.64. The van der Waals surface area contributed by atoms with Gasteiger partial charge in [-0.25, -0.2) is 9.78 Å². The molecule has 0 spiro atoms. The number of carbonyl (C=O) groups excluding carboxylic acids is 2. The zero-order valence-corrected chi connectivity index (χ0v) is 23.0. The molecule has 11 heteroatoms. The Balaban J connectivity index is 1.48. The third-order valence-electron chi connectivity index (χ3n) is 7.57. The summed E-state index contributed by atoms with van der Waals surface area (Å²) in [6, 6.07) is 9.44. The van der Waals surface area contributed by atoms with Gasteiger partial charge in [0, 0.05) is 41.0 Å². The van der Waals surface area contributed by atoms with Crippen LogP contribution in [0.15, 0.2) is 41.2 Å². The van der Waals surface area contributed by atoms with Gasteiger partial charge >= 0.3 is 12.1 Å². The molecular weight excluding hydrogens is 549 g/mol. The number of amides is 1. The molecule has 3 aromatic rings. The molecule has 208 valence electrons. The van der Waals surface area contributed by atoms with E-state index in [1.54, 1.807) is 10.4 Å². The van der Waals surface area contributed by atoms with Crippen LogP contribution < -0.4 is 4.90 Å². The number of benzene rings is 1. The van der Waals surface area contributed by atoms with Crippen LogP contribution in [0, 0.1) is 11.8 Å². The SMILES string of the molecule is COC(=O)c1sc(-c2ccc(-c3cscn3)cc2)cc1N(C(=O)C1CCC(C(F)(F)F)CC1)C1CCOCC1. The molecule has 2 aliphatic rings. The second-order valence-electron chi connectivity index (χ2n) is 9.91. The van der Waals surface area contributed by atoms with Crippen molar-refractivity contribution in [3.05, 3.63) is 46.1 Å². The molecule has 1 aliphatic heterocycles. The van der Waals surface area contributed by atoms with Crippen molar-refractivity contribution in [2.75, 3.05) is 25.2 Å². The number of hydrogen-bond acceptors (Lipinski definition) is 7. The van der Waals surface area contributed by atoms with Crippen molar-refractivity contribution in [1.29, 1.82) is 0 Å². The summed E-state index contributed by atoms with van der Waals surface area (Å²) in [5.41, 5.74) is 4.96. The third kappa shape index (κ3) is 6.05. The van der Waals surface area contributed by atoms with Crippen LogP contribution in [0.5, 0.6) is 0 Å². The lowest BCUT2D eigenvalue weighted by atomic mass is 9.80. The summed E-state index contributed by atoms with van der Waals surface area (Å²) in [7, 11) is 1.30. The molecule has 2 aromatic heterocycles. The van der Waals surface area contributed by atoms with E-state index in [1.165, 1.54) is 29.8 Å². The van der Waals surface area contributed by atoms with Crippen LogP contribution in [0.3, 0.4) is 0 Å². The summed E-state index contributed by atoms with van der Waals surface area (Å²) in [4.78, 5) is 34.0. The van der Waals surface area contributed by atoms with E-state index in [4.69, 9.17) is 9.47 Å². The van der Waals surface area contributed by atoms with Gasteiger partial charge in [0.1, 0.15) is 4.88 Å². The minimum absolute atomic E-state index is 0.0639. The summed E-state index contributed by atoms with van der Waals surface area (Å²) < 4.78 is 50.4. The van der Waals surface area contributed by atoms with Crippen molar-refractivity contribution in [2.45, 2.75) is 50.7 Å². The van der Waals surface area contributed by atoms with Gasteiger partial charge in [0.25, 0.3) is 0 Å². The average molecular weight is 579 g/mol. The molecule has 2 fully saturated rings. The first-order valence-electron chi connectivity index (χ1n) is 12.9. The summed E-state index contributed by atoms with van der Waals surface area (Å²) in [5.74, 6) is -2.68. The van der Waals surface area contributed by atoms with E-state index >= 15 is 0 Å². The quantitative estimate of drug-likeness (QED) is 0.289. The Kier molecular flexibility index (Phi) is 8.39. The van der Waals surface area contributed by atoms with Crippen molar-refractivity contribution < 1.29 is 32.2 Å². The van der Waals surface area contributed by atoms with E-state index in [-0.39, 0.29) is 37.6 Å². The molecule has 1 aromatic carbocycles. The summed E-state index contributed by atoms with van der Waals surface area (Å²) >= 11 is 2.76. The van der Waals surface area contributed by atoms with Crippen LogP contribution in [-0.2, 0) is 14.3 Å². The van der Waals surface area contributed by atoms with E-state index < -0.39 is 24.0 Å². The number of thiophene rings is 1. The van der Waals surface area contributed by atoms with Gasteiger partial charge in [-0.3, -0.25) is 4.79 Å². The van der Waals surface area contributed by atoms with Gasteiger partial charge in [0.05, 0.1) is 29.9 Å². The van der Waals surface area contributed by atoms with Crippen molar-refractivity contribution in [3.8, 4) is 21.7 Å². The molecular formula is C28H29F3N2O4S2. The number of alkyl halides is 3. The predicted molar refractivity (Wildman–Crippen MR) is 145 cm³/mol. The van der Waals surface area contributed by atoms with Gasteiger partial charge in [-0.15, -0.1) is 22.7 Å². The topological polar surface area (TPSA) is 68.7 Å². The summed E-state index contributed by atoms with van der Waals surface area (Å²) in [6.07, 6.45) is -2.87. The van der Waals surface area contributed by atoms with Gasteiger partial charge < -0.3 is 14.4 Å². The van der Waals surface area contributed by atoms with Crippen LogP contribution in [0.4, 0.5) is 18.9 Å². The number of nitrogens with zero attached hydrogens (tertiary/aromatic N) is 2. The Labute approximate surface area is 232 Å². The van der Waals surface area contributed by atoms with E-state index in [0.717, 1.165) is 21.7 Å². The highest BCUT2D eigenvalue weighted by Gasteiger charge is 2.44. The minimum atomic E-state index is -4.25. The first-order valence-corrected chi connectivity index (χ1v) is 14.7.